The predicted octanol–water partition coefficient (Wildman–Crippen LogP) is 5.62. The number of hydrogen-bond acceptors (Lipinski definition) is 4. The molecule has 0 radical (unpaired) electrons. The van der Waals surface area contributed by atoms with Crippen LogP contribution in [0.4, 0.5) is 11.4 Å². The zero-order valence-electron chi connectivity index (χ0n) is 20.6. The summed E-state index contributed by atoms with van der Waals surface area (Å²) in [4.78, 5) is 40.7. The number of aromatic nitrogens is 1. The van der Waals surface area contributed by atoms with E-state index in [1.165, 1.54) is 31.2 Å². The summed E-state index contributed by atoms with van der Waals surface area (Å²) >= 11 is 0. The number of nitrogens with one attached hydrogen (secondary N) is 3. The summed E-state index contributed by atoms with van der Waals surface area (Å²) in [5.74, 6) is 0.162. The first-order chi connectivity index (χ1) is 17.3. The number of anilines is 2. The first-order valence-corrected chi connectivity index (χ1v) is 12.2. The first-order valence-electron chi connectivity index (χ1n) is 12.2. The number of hydrogen-bond donors (Lipinski definition) is 3. The number of methoxy groups -OCH3 is 1. The molecule has 1 aliphatic heterocycles. The van der Waals surface area contributed by atoms with E-state index in [1.807, 2.05) is 6.08 Å². The average Bonchev–Trinajstić information content (AvgIpc) is 3.43. The smallest absolute Gasteiger partial charge is 0.337 e. The highest BCUT2D eigenvalue weighted by atomic mass is 16.5. The van der Waals surface area contributed by atoms with Gasteiger partial charge in [-0.25, -0.2) is 4.79 Å². The number of carbonyl (C=O) groups is 3. The van der Waals surface area contributed by atoms with Crippen molar-refractivity contribution in [1.82, 2.24) is 4.98 Å². The highest BCUT2D eigenvalue weighted by Crippen LogP contribution is 2.39. The Morgan fingerprint density at radius 3 is 2.56 bits per heavy atom. The fourth-order valence-corrected chi connectivity index (χ4v) is 5.14. The largest absolute Gasteiger partial charge is 0.465 e. The van der Waals surface area contributed by atoms with Gasteiger partial charge >= 0.3 is 5.97 Å². The average molecular weight is 484 g/mol. The highest BCUT2D eigenvalue weighted by Gasteiger charge is 2.27. The monoisotopic (exact) mass is 483 g/mol. The summed E-state index contributed by atoms with van der Waals surface area (Å²) in [6, 6.07) is 13.8. The minimum Gasteiger partial charge on any atom is -0.465 e. The lowest BCUT2D eigenvalue weighted by atomic mass is 9.80. The molecular formula is C29H29N3O4. The van der Waals surface area contributed by atoms with Gasteiger partial charge in [0.05, 0.1) is 18.2 Å². The third kappa shape index (κ3) is 4.44. The number of fused-ring (bicyclic) bond motifs is 2. The van der Waals surface area contributed by atoms with Gasteiger partial charge in [-0.3, -0.25) is 9.59 Å². The van der Waals surface area contributed by atoms with Crippen molar-refractivity contribution in [3.63, 3.8) is 0 Å². The fourth-order valence-electron chi connectivity index (χ4n) is 5.14. The standard InChI is InChI=1S/C29H29N3O4/c1-16(2)21-5-4-6-25-22(21)14-20(30-25)15-24-23-13-19(11-12-26(23)32-28(24)34)31-27(33)17-7-9-18(10-8-17)29(35)36-3/h7-16,21,30H,4-6H2,1-3H3,(H,31,33)(H,32,34). The first kappa shape index (κ1) is 23.6. The SMILES string of the molecule is COC(=O)c1ccc(C(=O)Nc2ccc3c(c2)C(=Cc2cc4c([nH]2)CCCC4C(C)C)C(=O)N3)cc1. The quantitative estimate of drug-likeness (QED) is 0.324. The molecule has 2 heterocycles. The second-order valence-corrected chi connectivity index (χ2v) is 9.70. The Morgan fingerprint density at radius 1 is 1.08 bits per heavy atom. The molecule has 1 aromatic heterocycles. The molecule has 7 heteroatoms. The number of esters is 1. The van der Waals surface area contributed by atoms with Crippen molar-refractivity contribution < 1.29 is 19.1 Å². The van der Waals surface area contributed by atoms with E-state index in [-0.39, 0.29) is 11.8 Å². The van der Waals surface area contributed by atoms with Gasteiger partial charge in [0, 0.05) is 33.9 Å². The minimum atomic E-state index is -0.459. The van der Waals surface area contributed by atoms with Gasteiger partial charge in [0.2, 0.25) is 0 Å². The van der Waals surface area contributed by atoms with Crippen LogP contribution < -0.4 is 10.6 Å². The summed E-state index contributed by atoms with van der Waals surface area (Å²) in [7, 11) is 1.31. The van der Waals surface area contributed by atoms with Crippen LogP contribution in [-0.4, -0.2) is 29.9 Å². The van der Waals surface area contributed by atoms with E-state index in [0.29, 0.717) is 39.9 Å². The lowest BCUT2D eigenvalue weighted by Gasteiger charge is -2.25. The normalized spacial score (nSPS) is 17.5. The molecular weight excluding hydrogens is 454 g/mol. The van der Waals surface area contributed by atoms with Crippen molar-refractivity contribution in [3.8, 4) is 0 Å². The van der Waals surface area contributed by atoms with Gasteiger partial charge in [0.15, 0.2) is 0 Å². The molecule has 184 valence electrons. The molecule has 2 amide bonds. The molecule has 0 saturated carbocycles. The maximum atomic E-state index is 12.8. The zero-order valence-corrected chi connectivity index (χ0v) is 20.6. The van der Waals surface area contributed by atoms with Crippen molar-refractivity contribution >= 4 is 40.8 Å². The van der Waals surface area contributed by atoms with Gasteiger partial charge in [-0.15, -0.1) is 0 Å². The number of ether oxygens (including phenoxy) is 1. The number of rotatable bonds is 5. The molecule has 3 aromatic rings. The van der Waals surface area contributed by atoms with Crippen LogP contribution in [0.15, 0.2) is 48.5 Å². The van der Waals surface area contributed by atoms with Gasteiger partial charge in [-0.2, -0.15) is 0 Å². The Bertz CT molecular complexity index is 1380. The van der Waals surface area contributed by atoms with Crippen LogP contribution in [0.5, 0.6) is 0 Å². The Labute approximate surface area is 209 Å². The number of carbonyl (C=O) groups excluding carboxylic acids is 3. The van der Waals surface area contributed by atoms with Gasteiger partial charge in [-0.1, -0.05) is 13.8 Å². The Hall–Kier alpha value is -4.13. The number of aromatic amines is 1. The number of aryl methyl sites for hydroxylation is 1. The third-order valence-electron chi connectivity index (χ3n) is 7.03. The lowest BCUT2D eigenvalue weighted by Crippen LogP contribution is -2.13. The van der Waals surface area contributed by atoms with E-state index >= 15 is 0 Å². The Morgan fingerprint density at radius 2 is 1.83 bits per heavy atom. The molecule has 2 aromatic carbocycles. The molecule has 0 spiro atoms. The lowest BCUT2D eigenvalue weighted by molar-refractivity contribution is -0.110. The van der Waals surface area contributed by atoms with Crippen LogP contribution in [0.3, 0.4) is 0 Å². The zero-order chi connectivity index (χ0) is 25.4. The summed E-state index contributed by atoms with van der Waals surface area (Å²) in [6.07, 6.45) is 5.29. The molecule has 36 heavy (non-hydrogen) atoms. The van der Waals surface area contributed by atoms with Crippen LogP contribution in [0.25, 0.3) is 11.6 Å². The van der Waals surface area contributed by atoms with Crippen LogP contribution in [-0.2, 0) is 16.0 Å². The third-order valence-corrected chi connectivity index (χ3v) is 7.03. The summed E-state index contributed by atoms with van der Waals surface area (Å²) < 4.78 is 4.69. The molecule has 2 aliphatic rings. The van der Waals surface area contributed by atoms with Crippen LogP contribution >= 0.6 is 0 Å². The van der Waals surface area contributed by atoms with Crippen LogP contribution in [0.1, 0.15) is 75.8 Å². The molecule has 1 unspecified atom stereocenters. The van der Waals surface area contributed by atoms with Crippen LogP contribution in [0.2, 0.25) is 0 Å². The van der Waals surface area contributed by atoms with Crippen LogP contribution in [0, 0.1) is 5.92 Å². The molecule has 5 rings (SSSR count). The van der Waals surface area contributed by atoms with Gasteiger partial charge in [0.1, 0.15) is 0 Å². The minimum absolute atomic E-state index is 0.167. The predicted molar refractivity (Wildman–Crippen MR) is 140 cm³/mol. The number of H-pyrrole nitrogens is 1. The van der Waals surface area contributed by atoms with E-state index in [1.54, 1.807) is 42.5 Å². The van der Waals surface area contributed by atoms with E-state index in [4.69, 9.17) is 4.74 Å². The molecule has 1 aliphatic carbocycles. The maximum Gasteiger partial charge on any atom is 0.337 e. The van der Waals surface area contributed by atoms with Crippen molar-refractivity contribution in [2.75, 3.05) is 17.7 Å². The van der Waals surface area contributed by atoms with Gasteiger partial charge in [-0.05, 0) is 91.3 Å². The second-order valence-electron chi connectivity index (χ2n) is 9.70. The van der Waals surface area contributed by atoms with Gasteiger partial charge < -0.3 is 20.4 Å². The van der Waals surface area contributed by atoms with E-state index in [9.17, 15) is 14.4 Å². The van der Waals surface area contributed by atoms with Crippen molar-refractivity contribution in [2.24, 2.45) is 5.92 Å². The van der Waals surface area contributed by atoms with E-state index in [0.717, 1.165) is 17.7 Å². The van der Waals surface area contributed by atoms with Gasteiger partial charge in [0.25, 0.3) is 11.8 Å². The topological polar surface area (TPSA) is 100 Å². The summed E-state index contributed by atoms with van der Waals surface area (Å²) in [5, 5.41) is 5.79. The molecule has 1 atom stereocenters. The van der Waals surface area contributed by atoms with E-state index < -0.39 is 5.97 Å². The number of amides is 2. The summed E-state index contributed by atoms with van der Waals surface area (Å²) in [5.41, 5.74) is 6.92. The van der Waals surface area contributed by atoms with Crippen molar-refractivity contribution in [2.45, 2.75) is 39.0 Å². The summed E-state index contributed by atoms with van der Waals surface area (Å²) in [6.45, 7) is 4.52. The Kier molecular flexibility index (Phi) is 6.22. The molecule has 0 saturated heterocycles. The molecule has 3 N–H and O–H groups in total. The van der Waals surface area contributed by atoms with Crippen molar-refractivity contribution in [1.29, 1.82) is 0 Å². The van der Waals surface area contributed by atoms with E-state index in [2.05, 4.69) is 35.5 Å². The molecule has 0 fully saturated rings. The molecule has 7 nitrogen and oxygen atoms in total. The maximum absolute atomic E-state index is 12.8. The Balaban J connectivity index is 1.39. The second kappa shape index (κ2) is 9.49. The van der Waals surface area contributed by atoms with Crippen molar-refractivity contribution in [3.05, 3.63) is 82.2 Å². The highest BCUT2D eigenvalue weighted by molar-refractivity contribution is 6.35. The fraction of sp³-hybridized carbons (Fsp3) is 0.276. The molecule has 0 bridgehead atoms. The number of benzene rings is 2.